The molecule has 3 nitrogen and oxygen atoms in total. The highest BCUT2D eigenvalue weighted by Gasteiger charge is 2.12. The van der Waals surface area contributed by atoms with E-state index in [0.29, 0.717) is 10.8 Å². The van der Waals surface area contributed by atoms with Crippen molar-refractivity contribution in [3.8, 4) is 22.8 Å². The fraction of sp³-hybridized carbons (Fsp3) is 0. The fourth-order valence-electron chi connectivity index (χ4n) is 2.53. The van der Waals surface area contributed by atoms with Crippen molar-refractivity contribution in [3.63, 3.8) is 0 Å². The van der Waals surface area contributed by atoms with Gasteiger partial charge in [-0.05, 0) is 30.3 Å². The van der Waals surface area contributed by atoms with Gasteiger partial charge in [-0.15, -0.1) is 0 Å². The van der Waals surface area contributed by atoms with Gasteiger partial charge in [0.25, 0.3) is 0 Å². The van der Waals surface area contributed by atoms with E-state index in [1.54, 1.807) is 6.20 Å². The second-order valence-corrected chi connectivity index (χ2v) is 5.57. The van der Waals surface area contributed by atoms with Crippen molar-refractivity contribution < 1.29 is 0 Å². The highest BCUT2D eigenvalue weighted by molar-refractivity contribution is 6.31. The van der Waals surface area contributed by atoms with Crippen LogP contribution in [0.2, 0.25) is 5.02 Å². The molecule has 0 N–H and O–H groups in total. The Morgan fingerprint density at radius 1 is 0.783 bits per heavy atom. The van der Waals surface area contributed by atoms with E-state index in [2.05, 4.69) is 9.97 Å². The summed E-state index contributed by atoms with van der Waals surface area (Å²) in [5.41, 5.74) is 3.49. The third kappa shape index (κ3) is 2.67. The SMILES string of the molecule is Clc1ccc2nc(-c3ccccn3)nc(-c3ccccc3)c2c1. The number of nitrogens with zero attached hydrogens (tertiary/aromatic N) is 3. The highest BCUT2D eigenvalue weighted by atomic mass is 35.5. The zero-order chi connectivity index (χ0) is 15.6. The van der Waals surface area contributed by atoms with Crippen LogP contribution in [0.3, 0.4) is 0 Å². The Hall–Kier alpha value is -2.78. The Bertz CT molecular complexity index is 970. The Labute approximate surface area is 138 Å². The van der Waals surface area contributed by atoms with Crippen molar-refractivity contribution >= 4 is 22.5 Å². The Balaban J connectivity index is 2.04. The number of aromatic nitrogens is 3. The minimum absolute atomic E-state index is 0.610. The topological polar surface area (TPSA) is 38.7 Å². The van der Waals surface area contributed by atoms with Crippen LogP contribution in [0.25, 0.3) is 33.7 Å². The zero-order valence-corrected chi connectivity index (χ0v) is 12.9. The van der Waals surface area contributed by atoms with E-state index < -0.39 is 0 Å². The lowest BCUT2D eigenvalue weighted by atomic mass is 10.1. The molecule has 4 rings (SSSR count). The first kappa shape index (κ1) is 13.9. The molecule has 23 heavy (non-hydrogen) atoms. The summed E-state index contributed by atoms with van der Waals surface area (Å²) in [5.74, 6) is 0.610. The van der Waals surface area contributed by atoms with E-state index in [1.807, 2.05) is 66.7 Å². The summed E-state index contributed by atoms with van der Waals surface area (Å²) >= 11 is 6.17. The van der Waals surface area contributed by atoms with E-state index >= 15 is 0 Å². The highest BCUT2D eigenvalue weighted by Crippen LogP contribution is 2.30. The van der Waals surface area contributed by atoms with Gasteiger partial charge >= 0.3 is 0 Å². The molecule has 0 atom stereocenters. The van der Waals surface area contributed by atoms with Crippen molar-refractivity contribution in [2.24, 2.45) is 0 Å². The first-order chi connectivity index (χ1) is 11.3. The monoisotopic (exact) mass is 317 g/mol. The molecule has 2 aromatic carbocycles. The first-order valence-corrected chi connectivity index (χ1v) is 7.63. The maximum Gasteiger partial charge on any atom is 0.179 e. The van der Waals surface area contributed by atoms with Gasteiger partial charge < -0.3 is 0 Å². The Morgan fingerprint density at radius 2 is 1.61 bits per heavy atom. The predicted octanol–water partition coefficient (Wildman–Crippen LogP) is 5.01. The molecule has 110 valence electrons. The molecule has 4 heteroatoms. The lowest BCUT2D eigenvalue weighted by molar-refractivity contribution is 1.18. The van der Waals surface area contributed by atoms with Crippen molar-refractivity contribution in [2.75, 3.05) is 0 Å². The van der Waals surface area contributed by atoms with Crippen LogP contribution in [0.4, 0.5) is 0 Å². The van der Waals surface area contributed by atoms with Crippen LogP contribution in [0.1, 0.15) is 0 Å². The van der Waals surface area contributed by atoms with Gasteiger partial charge in [0.05, 0.1) is 11.2 Å². The van der Waals surface area contributed by atoms with E-state index in [-0.39, 0.29) is 0 Å². The van der Waals surface area contributed by atoms with E-state index in [4.69, 9.17) is 16.6 Å². The quantitative estimate of drug-likeness (QED) is 0.521. The molecule has 0 spiro atoms. The van der Waals surface area contributed by atoms with Crippen molar-refractivity contribution in [2.45, 2.75) is 0 Å². The maximum absolute atomic E-state index is 6.17. The van der Waals surface area contributed by atoms with Gasteiger partial charge in [0, 0.05) is 22.2 Å². The number of halogens is 1. The van der Waals surface area contributed by atoms with Crippen LogP contribution in [0.5, 0.6) is 0 Å². The van der Waals surface area contributed by atoms with Crippen LogP contribution < -0.4 is 0 Å². The van der Waals surface area contributed by atoms with Crippen molar-refractivity contribution in [1.82, 2.24) is 15.0 Å². The molecule has 2 heterocycles. The second-order valence-electron chi connectivity index (χ2n) is 5.14. The number of hydrogen-bond donors (Lipinski definition) is 0. The van der Waals surface area contributed by atoms with E-state index in [0.717, 1.165) is 27.9 Å². The summed E-state index contributed by atoms with van der Waals surface area (Å²) in [6.45, 7) is 0. The number of benzene rings is 2. The molecule has 0 fully saturated rings. The van der Waals surface area contributed by atoms with Crippen LogP contribution in [0, 0.1) is 0 Å². The molecule has 2 aromatic heterocycles. The summed E-state index contributed by atoms with van der Waals surface area (Å²) in [7, 11) is 0. The minimum Gasteiger partial charge on any atom is -0.253 e. The number of rotatable bonds is 2. The van der Waals surface area contributed by atoms with Gasteiger partial charge in [0.15, 0.2) is 5.82 Å². The number of fused-ring (bicyclic) bond motifs is 1. The molecule has 0 aliphatic carbocycles. The van der Waals surface area contributed by atoms with Gasteiger partial charge in [-0.1, -0.05) is 48.0 Å². The molecule has 0 saturated carbocycles. The van der Waals surface area contributed by atoms with Crippen LogP contribution in [-0.4, -0.2) is 15.0 Å². The molecule has 0 unspecified atom stereocenters. The van der Waals surface area contributed by atoms with Crippen LogP contribution in [-0.2, 0) is 0 Å². The van der Waals surface area contributed by atoms with Gasteiger partial charge in [-0.3, -0.25) is 4.98 Å². The van der Waals surface area contributed by atoms with Crippen LogP contribution in [0.15, 0.2) is 72.9 Å². The van der Waals surface area contributed by atoms with Gasteiger partial charge in [0.1, 0.15) is 5.69 Å². The van der Waals surface area contributed by atoms with Gasteiger partial charge in [0.2, 0.25) is 0 Å². The third-order valence-corrected chi connectivity index (χ3v) is 3.83. The standard InChI is InChI=1S/C19H12ClN3/c20-14-9-10-16-15(12-14)18(13-6-2-1-3-7-13)23-19(22-16)17-8-4-5-11-21-17/h1-12H. The molecule has 0 aliphatic heterocycles. The first-order valence-electron chi connectivity index (χ1n) is 7.25. The van der Waals surface area contributed by atoms with E-state index in [1.165, 1.54) is 0 Å². The third-order valence-electron chi connectivity index (χ3n) is 3.60. The molecule has 0 aliphatic rings. The number of pyridine rings is 1. The van der Waals surface area contributed by atoms with Crippen molar-refractivity contribution in [1.29, 1.82) is 0 Å². The lowest BCUT2D eigenvalue weighted by Crippen LogP contribution is -1.96. The average molecular weight is 318 g/mol. The molecular formula is C19H12ClN3. The summed E-state index contributed by atoms with van der Waals surface area (Å²) in [4.78, 5) is 13.7. The summed E-state index contributed by atoms with van der Waals surface area (Å²) < 4.78 is 0. The Kier molecular flexibility index (Phi) is 3.48. The molecular weight excluding hydrogens is 306 g/mol. The maximum atomic E-state index is 6.17. The van der Waals surface area contributed by atoms with Gasteiger partial charge in [-0.2, -0.15) is 0 Å². The summed E-state index contributed by atoms with van der Waals surface area (Å²) in [5, 5.41) is 1.60. The normalized spacial score (nSPS) is 10.8. The minimum atomic E-state index is 0.610. The summed E-state index contributed by atoms with van der Waals surface area (Å²) in [6, 6.07) is 21.4. The molecule has 0 bridgehead atoms. The van der Waals surface area contributed by atoms with E-state index in [9.17, 15) is 0 Å². The van der Waals surface area contributed by atoms with Gasteiger partial charge in [-0.25, -0.2) is 9.97 Å². The Morgan fingerprint density at radius 3 is 2.39 bits per heavy atom. The average Bonchev–Trinajstić information content (AvgIpc) is 2.62. The molecule has 4 aromatic rings. The molecule has 0 saturated heterocycles. The molecule has 0 radical (unpaired) electrons. The number of hydrogen-bond acceptors (Lipinski definition) is 3. The smallest absolute Gasteiger partial charge is 0.179 e. The second kappa shape index (κ2) is 5.78. The predicted molar refractivity (Wildman–Crippen MR) is 93.2 cm³/mol. The van der Waals surface area contributed by atoms with Crippen LogP contribution >= 0.6 is 11.6 Å². The van der Waals surface area contributed by atoms with Crippen molar-refractivity contribution in [3.05, 3.63) is 77.9 Å². The largest absolute Gasteiger partial charge is 0.253 e. The lowest BCUT2D eigenvalue weighted by Gasteiger charge is -2.09. The zero-order valence-electron chi connectivity index (χ0n) is 12.1. The fourth-order valence-corrected chi connectivity index (χ4v) is 2.70. The summed E-state index contributed by atoms with van der Waals surface area (Å²) in [6.07, 6.45) is 1.74. The molecule has 0 amide bonds.